The predicted molar refractivity (Wildman–Crippen MR) is 72.9 cm³/mol. The molecule has 1 aromatic heterocycles. The van der Waals surface area contributed by atoms with E-state index in [2.05, 4.69) is 10.2 Å². The van der Waals surface area contributed by atoms with Crippen LogP contribution in [-0.2, 0) is 11.2 Å². The molecule has 19 heavy (non-hydrogen) atoms. The molecule has 1 aromatic carbocycles. The van der Waals surface area contributed by atoms with Crippen LogP contribution in [0.4, 0.5) is 0 Å². The van der Waals surface area contributed by atoms with Gasteiger partial charge in [-0.25, -0.2) is 0 Å². The third-order valence-electron chi connectivity index (χ3n) is 3.00. The quantitative estimate of drug-likeness (QED) is 0.855. The van der Waals surface area contributed by atoms with Crippen molar-refractivity contribution in [3.05, 3.63) is 51.3 Å². The van der Waals surface area contributed by atoms with Gasteiger partial charge in [-0.15, -0.1) is 4.91 Å². The van der Waals surface area contributed by atoms with Crippen LogP contribution in [0.25, 0.3) is 10.8 Å². The molecule has 1 heterocycles. The fourth-order valence-corrected chi connectivity index (χ4v) is 2.16. The molecule has 5 nitrogen and oxygen atoms in total. The van der Waals surface area contributed by atoms with Crippen molar-refractivity contribution in [2.45, 2.75) is 19.8 Å². The van der Waals surface area contributed by atoms with Crippen LogP contribution in [-0.4, -0.2) is 10.9 Å². The van der Waals surface area contributed by atoms with Gasteiger partial charge in [0.15, 0.2) is 0 Å². The van der Waals surface area contributed by atoms with Gasteiger partial charge in [0, 0.05) is 22.7 Å². The van der Waals surface area contributed by atoms with Crippen LogP contribution in [0.1, 0.15) is 19.0 Å². The number of amides is 1. The van der Waals surface area contributed by atoms with Gasteiger partial charge in [-0.2, -0.15) is 0 Å². The third kappa shape index (κ3) is 3.13. The summed E-state index contributed by atoms with van der Waals surface area (Å²) in [6.45, 7) is 1.84. The van der Waals surface area contributed by atoms with Gasteiger partial charge in [-0.3, -0.25) is 9.59 Å². The summed E-state index contributed by atoms with van der Waals surface area (Å²) in [7, 11) is 0. The molecule has 0 saturated carbocycles. The molecule has 0 aliphatic carbocycles. The first kappa shape index (κ1) is 13.1. The Labute approximate surface area is 109 Å². The van der Waals surface area contributed by atoms with E-state index in [1.165, 1.54) is 0 Å². The van der Waals surface area contributed by atoms with Crippen LogP contribution in [0.3, 0.4) is 0 Å². The Balaban J connectivity index is 2.24. The first-order valence-corrected chi connectivity index (χ1v) is 6.07. The van der Waals surface area contributed by atoms with E-state index >= 15 is 0 Å². The number of pyridine rings is 1. The Morgan fingerprint density at radius 3 is 2.84 bits per heavy atom. The number of nitrogens with one attached hydrogen (secondary N) is 1. The van der Waals surface area contributed by atoms with E-state index < -0.39 is 5.91 Å². The van der Waals surface area contributed by atoms with Crippen LogP contribution in [0.5, 0.6) is 0 Å². The molecule has 2 rings (SSSR count). The number of aromatic amines is 1. The summed E-state index contributed by atoms with van der Waals surface area (Å²) in [4.78, 5) is 35.7. The van der Waals surface area contributed by atoms with Crippen LogP contribution < -0.4 is 5.56 Å². The Kier molecular flexibility index (Phi) is 3.85. The van der Waals surface area contributed by atoms with Gasteiger partial charge >= 0.3 is 0 Å². The monoisotopic (exact) mass is 258 g/mol. The molecule has 0 aliphatic rings. The molecular weight excluding hydrogens is 244 g/mol. The topological polar surface area (TPSA) is 79.4 Å². The molecule has 0 saturated heterocycles. The molecule has 1 atom stereocenters. The Bertz CT molecular complexity index is 676. The first-order chi connectivity index (χ1) is 9.10. The van der Waals surface area contributed by atoms with Gasteiger partial charge < -0.3 is 4.98 Å². The highest BCUT2D eigenvalue weighted by atomic mass is 16.3. The second kappa shape index (κ2) is 5.56. The summed E-state index contributed by atoms with van der Waals surface area (Å²) in [6.07, 6.45) is 0.625. The van der Waals surface area contributed by atoms with Gasteiger partial charge in [0.1, 0.15) is 0 Å². The van der Waals surface area contributed by atoms with Crippen molar-refractivity contribution in [1.29, 1.82) is 0 Å². The highest BCUT2D eigenvalue weighted by Gasteiger charge is 2.11. The maximum atomic E-state index is 11.9. The number of hydrogen-bond donors (Lipinski definition) is 1. The highest BCUT2D eigenvalue weighted by Crippen LogP contribution is 2.14. The van der Waals surface area contributed by atoms with Crippen molar-refractivity contribution in [2.75, 3.05) is 0 Å². The molecule has 0 fully saturated rings. The lowest BCUT2D eigenvalue weighted by molar-refractivity contribution is -0.118. The zero-order valence-electron chi connectivity index (χ0n) is 10.6. The molecule has 5 heteroatoms. The SMILES string of the molecule is CC(CC(=O)N=O)Cc1cc2ccccc2c(=O)[nH]1. The van der Waals surface area contributed by atoms with Gasteiger partial charge in [0.25, 0.3) is 11.5 Å². The summed E-state index contributed by atoms with van der Waals surface area (Å²) >= 11 is 0. The summed E-state index contributed by atoms with van der Waals surface area (Å²) in [5, 5.41) is 3.89. The van der Waals surface area contributed by atoms with Crippen molar-refractivity contribution >= 4 is 16.7 Å². The van der Waals surface area contributed by atoms with Gasteiger partial charge in [0.05, 0.1) is 0 Å². The largest absolute Gasteiger partial charge is 0.326 e. The van der Waals surface area contributed by atoms with Crippen LogP contribution in [0, 0.1) is 10.8 Å². The fraction of sp³-hybridized carbons (Fsp3) is 0.286. The van der Waals surface area contributed by atoms with E-state index in [0.717, 1.165) is 11.1 Å². The minimum absolute atomic E-state index is 0.0398. The van der Waals surface area contributed by atoms with Crippen LogP contribution >= 0.6 is 0 Å². The zero-order valence-corrected chi connectivity index (χ0v) is 10.6. The average molecular weight is 258 g/mol. The number of fused-ring (bicyclic) bond motifs is 1. The number of H-pyrrole nitrogens is 1. The lowest BCUT2D eigenvalue weighted by Crippen LogP contribution is -2.13. The van der Waals surface area contributed by atoms with E-state index in [9.17, 15) is 14.5 Å². The average Bonchev–Trinajstić information content (AvgIpc) is 2.38. The first-order valence-electron chi connectivity index (χ1n) is 6.07. The molecule has 0 radical (unpaired) electrons. The normalized spacial score (nSPS) is 12.3. The van der Waals surface area contributed by atoms with Gasteiger partial charge in [0.2, 0.25) is 0 Å². The van der Waals surface area contributed by atoms with Gasteiger partial charge in [-0.1, -0.05) is 25.1 Å². The van der Waals surface area contributed by atoms with E-state index in [4.69, 9.17) is 0 Å². The predicted octanol–water partition coefficient (Wildman–Crippen LogP) is 2.39. The maximum Gasteiger partial charge on any atom is 0.286 e. The second-order valence-corrected chi connectivity index (χ2v) is 4.71. The van der Waals surface area contributed by atoms with E-state index in [-0.39, 0.29) is 17.9 Å². The van der Waals surface area contributed by atoms with E-state index in [1.54, 1.807) is 6.07 Å². The lowest BCUT2D eigenvalue weighted by Gasteiger charge is -2.09. The minimum Gasteiger partial charge on any atom is -0.326 e. The number of rotatable bonds is 4. The fourth-order valence-electron chi connectivity index (χ4n) is 2.16. The van der Waals surface area contributed by atoms with Crippen molar-refractivity contribution in [2.24, 2.45) is 11.1 Å². The molecule has 0 spiro atoms. The van der Waals surface area contributed by atoms with Crippen LogP contribution in [0.15, 0.2) is 40.3 Å². The standard InChI is InChI=1S/C14H14N2O3/c1-9(7-13(17)16-19)6-11-8-10-4-2-3-5-12(10)14(18)15-11/h2-5,8-9H,6-7H2,1H3,(H,15,18). The van der Waals surface area contributed by atoms with E-state index in [1.807, 2.05) is 31.2 Å². The molecule has 0 bridgehead atoms. The lowest BCUT2D eigenvalue weighted by atomic mass is 10.00. The number of hydrogen-bond acceptors (Lipinski definition) is 3. The number of nitroso groups, excluding NO2 is 1. The zero-order chi connectivity index (χ0) is 13.8. The molecule has 0 aliphatic heterocycles. The van der Waals surface area contributed by atoms with Crippen molar-refractivity contribution in [1.82, 2.24) is 4.98 Å². The van der Waals surface area contributed by atoms with Crippen molar-refractivity contribution < 1.29 is 4.79 Å². The minimum atomic E-state index is -0.657. The summed E-state index contributed by atoms with van der Waals surface area (Å²) in [5.41, 5.74) is 0.620. The van der Waals surface area contributed by atoms with E-state index in [0.29, 0.717) is 11.8 Å². The Morgan fingerprint density at radius 1 is 1.37 bits per heavy atom. The third-order valence-corrected chi connectivity index (χ3v) is 3.00. The van der Waals surface area contributed by atoms with Gasteiger partial charge in [-0.05, 0) is 29.9 Å². The number of carbonyl (C=O) groups is 1. The number of carbonyl (C=O) groups excluding carboxylic acids is 1. The van der Waals surface area contributed by atoms with Crippen LogP contribution in [0.2, 0.25) is 0 Å². The molecular formula is C14H14N2O3. The number of aromatic nitrogens is 1. The van der Waals surface area contributed by atoms with Crippen molar-refractivity contribution in [3.8, 4) is 0 Å². The van der Waals surface area contributed by atoms with Crippen molar-refractivity contribution in [3.63, 3.8) is 0 Å². The Hall–Kier alpha value is -2.30. The number of nitrogens with zero attached hydrogens (tertiary/aromatic N) is 1. The number of benzene rings is 1. The molecule has 2 aromatic rings. The Morgan fingerprint density at radius 2 is 2.11 bits per heavy atom. The highest BCUT2D eigenvalue weighted by molar-refractivity contribution is 5.81. The summed E-state index contributed by atoms with van der Waals surface area (Å²) < 4.78 is 0. The second-order valence-electron chi connectivity index (χ2n) is 4.71. The summed E-state index contributed by atoms with van der Waals surface area (Å²) in [6, 6.07) is 9.22. The summed E-state index contributed by atoms with van der Waals surface area (Å²) in [5.74, 6) is -0.697. The molecule has 98 valence electrons. The maximum absolute atomic E-state index is 11.9. The molecule has 1 amide bonds. The smallest absolute Gasteiger partial charge is 0.286 e. The molecule has 1 unspecified atom stereocenters. The molecule has 1 N–H and O–H groups in total.